The summed E-state index contributed by atoms with van der Waals surface area (Å²) in [5.74, 6) is 4.79. The number of hydrogen-bond acceptors (Lipinski definition) is 0. The van der Waals surface area contributed by atoms with Crippen molar-refractivity contribution in [3.05, 3.63) is 60.7 Å². The van der Waals surface area contributed by atoms with Gasteiger partial charge in [0.05, 0.1) is 0 Å². The van der Waals surface area contributed by atoms with Crippen molar-refractivity contribution in [2.24, 2.45) is 0 Å². The second-order valence-electron chi connectivity index (χ2n) is 4.45. The van der Waals surface area contributed by atoms with Gasteiger partial charge in [-0.1, -0.05) is 0 Å². The van der Waals surface area contributed by atoms with E-state index in [1.165, 1.54) is 8.92 Å². The SMILES string of the molecule is C[Se](C)(=[Se])(c1ccccc1)c1ccccc1. The maximum atomic E-state index is 3.53. The van der Waals surface area contributed by atoms with Crippen molar-refractivity contribution in [2.45, 2.75) is 11.6 Å². The Hall–Kier alpha value is -0.521. The van der Waals surface area contributed by atoms with Crippen molar-refractivity contribution in [3.8, 4) is 0 Å². The molecule has 2 heteroatoms. The predicted octanol–water partition coefficient (Wildman–Crippen LogP) is 2.13. The van der Waals surface area contributed by atoms with Crippen molar-refractivity contribution in [1.29, 1.82) is 0 Å². The van der Waals surface area contributed by atoms with Gasteiger partial charge >= 0.3 is 104 Å². The summed E-state index contributed by atoms with van der Waals surface area (Å²) in [4.78, 5) is 0. The molecule has 0 aliphatic carbocycles. The minimum atomic E-state index is -2.49. The summed E-state index contributed by atoms with van der Waals surface area (Å²) >= 11 is 3.53. The molecule has 0 radical (unpaired) electrons. The normalized spacial score (nSPS) is 14.0. The van der Waals surface area contributed by atoms with E-state index in [-0.39, 0.29) is 0 Å². The van der Waals surface area contributed by atoms with Crippen LogP contribution in [0.4, 0.5) is 0 Å². The summed E-state index contributed by atoms with van der Waals surface area (Å²) in [6, 6.07) is 21.6. The second kappa shape index (κ2) is 4.05. The van der Waals surface area contributed by atoms with Gasteiger partial charge in [0.2, 0.25) is 0 Å². The van der Waals surface area contributed by atoms with E-state index in [0.717, 1.165) is 0 Å². The number of rotatable bonds is 2. The molecule has 0 N–H and O–H groups in total. The monoisotopic (exact) mass is 344 g/mol. The van der Waals surface area contributed by atoms with E-state index in [1.807, 2.05) is 0 Å². The van der Waals surface area contributed by atoms with Crippen LogP contribution in [0.15, 0.2) is 60.7 Å². The Kier molecular flexibility index (Phi) is 3.03. The first-order chi connectivity index (χ1) is 7.49. The molecule has 84 valence electrons. The van der Waals surface area contributed by atoms with Crippen LogP contribution in [0.25, 0.3) is 0 Å². The second-order valence-corrected chi connectivity index (χ2v) is 25.0. The molecule has 0 spiro atoms. The van der Waals surface area contributed by atoms with Crippen LogP contribution in [0.5, 0.6) is 0 Å². The van der Waals surface area contributed by atoms with Crippen LogP contribution in [0.1, 0.15) is 0 Å². The predicted molar refractivity (Wildman–Crippen MR) is 75.4 cm³/mol. The molecule has 0 fully saturated rings. The first-order valence-electron chi connectivity index (χ1n) is 5.21. The average molecular weight is 342 g/mol. The molecule has 0 aromatic heterocycles. The standard InChI is InChI=1S/C14H16Se2/c1-16(2,15,13-9-5-3-6-10-13)14-11-7-4-8-12-14/h3-12H,1-2H3. The molecule has 0 aliphatic heterocycles. The van der Waals surface area contributed by atoms with Crippen LogP contribution in [0.3, 0.4) is 0 Å². The Labute approximate surface area is 104 Å². The fraction of sp³-hybridized carbons (Fsp3) is 0.143. The van der Waals surface area contributed by atoms with Crippen LogP contribution in [-0.4, -0.2) is 23.1 Å². The van der Waals surface area contributed by atoms with Crippen molar-refractivity contribution in [1.82, 2.24) is 0 Å². The zero-order valence-electron chi connectivity index (χ0n) is 9.59. The van der Waals surface area contributed by atoms with Gasteiger partial charge in [0, 0.05) is 0 Å². The molecule has 0 bridgehead atoms. The van der Waals surface area contributed by atoms with Gasteiger partial charge in [-0.25, -0.2) is 0 Å². The fourth-order valence-electron chi connectivity index (χ4n) is 1.77. The molecule has 2 rings (SSSR count). The summed E-state index contributed by atoms with van der Waals surface area (Å²) in [5, 5.41) is 0. The Morgan fingerprint density at radius 2 is 1.00 bits per heavy atom. The van der Waals surface area contributed by atoms with Gasteiger partial charge in [-0.2, -0.15) is 0 Å². The van der Waals surface area contributed by atoms with E-state index in [2.05, 4.69) is 86.0 Å². The molecule has 0 saturated heterocycles. The average Bonchev–Trinajstić information content (AvgIpc) is 2.31. The minimum absolute atomic E-state index is 1.45. The quantitative estimate of drug-likeness (QED) is 0.734. The molecule has 0 heterocycles. The maximum absolute atomic E-state index is 3.53. The van der Waals surface area contributed by atoms with Gasteiger partial charge in [-0.3, -0.25) is 0 Å². The summed E-state index contributed by atoms with van der Waals surface area (Å²) in [6.45, 7) is 0. The Bertz CT molecular complexity index is 490. The van der Waals surface area contributed by atoms with Crippen LogP contribution < -0.4 is 8.92 Å². The van der Waals surface area contributed by atoms with Crippen LogP contribution in [-0.2, 0) is 0 Å². The van der Waals surface area contributed by atoms with Gasteiger partial charge in [0.1, 0.15) is 0 Å². The van der Waals surface area contributed by atoms with Gasteiger partial charge < -0.3 is 0 Å². The zero-order valence-corrected chi connectivity index (χ0v) is 13.0. The molecule has 0 atom stereocenters. The molecule has 2 aromatic rings. The van der Waals surface area contributed by atoms with Crippen molar-refractivity contribution in [2.75, 3.05) is 0 Å². The Morgan fingerprint density at radius 1 is 0.688 bits per heavy atom. The third-order valence-corrected chi connectivity index (χ3v) is 13.9. The van der Waals surface area contributed by atoms with E-state index >= 15 is 0 Å². The molecular weight excluding hydrogens is 326 g/mol. The van der Waals surface area contributed by atoms with E-state index in [9.17, 15) is 0 Å². The van der Waals surface area contributed by atoms with E-state index in [0.29, 0.717) is 0 Å². The summed E-state index contributed by atoms with van der Waals surface area (Å²) in [5.41, 5.74) is 0. The first-order valence-corrected chi connectivity index (χ1v) is 14.7. The van der Waals surface area contributed by atoms with E-state index < -0.39 is 9.43 Å². The summed E-state index contributed by atoms with van der Waals surface area (Å²) in [7, 11) is -2.49. The van der Waals surface area contributed by atoms with Crippen LogP contribution in [0.2, 0.25) is 11.6 Å². The molecule has 0 aliphatic rings. The van der Waals surface area contributed by atoms with Gasteiger partial charge in [-0.15, -0.1) is 0 Å². The molecule has 0 saturated carbocycles. The summed E-state index contributed by atoms with van der Waals surface area (Å²) < 4.78 is 2.90. The molecule has 2 aromatic carbocycles. The zero-order chi connectivity index (χ0) is 11.7. The molecule has 0 unspecified atom stereocenters. The molecule has 0 amide bonds. The van der Waals surface area contributed by atoms with Crippen LogP contribution in [0, 0.1) is 0 Å². The van der Waals surface area contributed by atoms with Crippen molar-refractivity contribution in [3.63, 3.8) is 0 Å². The third-order valence-electron chi connectivity index (χ3n) is 2.86. The number of hydrogen-bond donors (Lipinski definition) is 0. The van der Waals surface area contributed by atoms with Gasteiger partial charge in [-0.05, 0) is 0 Å². The van der Waals surface area contributed by atoms with E-state index in [1.54, 1.807) is 0 Å². The van der Waals surface area contributed by atoms with Crippen molar-refractivity contribution < 1.29 is 0 Å². The number of benzene rings is 2. The molecule has 0 nitrogen and oxygen atoms in total. The first kappa shape index (κ1) is 11.9. The van der Waals surface area contributed by atoms with Crippen molar-refractivity contribution >= 4 is 32.0 Å². The van der Waals surface area contributed by atoms with Gasteiger partial charge in [0.15, 0.2) is 0 Å². The molecular formula is C14H16Se2. The molecule has 16 heavy (non-hydrogen) atoms. The van der Waals surface area contributed by atoms with E-state index in [4.69, 9.17) is 0 Å². The topological polar surface area (TPSA) is 0 Å². The third kappa shape index (κ3) is 2.12. The van der Waals surface area contributed by atoms with Gasteiger partial charge in [0.25, 0.3) is 0 Å². The summed E-state index contributed by atoms with van der Waals surface area (Å²) in [6.07, 6.45) is 0. The fourth-order valence-corrected chi connectivity index (χ4v) is 8.74. The van der Waals surface area contributed by atoms with Crippen LogP contribution >= 0.6 is 0 Å². The Balaban J connectivity index is 2.65. The Morgan fingerprint density at radius 3 is 1.31 bits per heavy atom.